The molecule has 1 fully saturated rings. The Kier molecular flexibility index (Phi) is 3.47. The minimum Gasteiger partial charge on any atom is -0.497 e. The summed E-state index contributed by atoms with van der Waals surface area (Å²) in [5.41, 5.74) is 1.31. The number of methoxy groups -OCH3 is 1. The molecule has 0 amide bonds. The summed E-state index contributed by atoms with van der Waals surface area (Å²) in [7, 11) is 1.66. The van der Waals surface area contributed by atoms with Gasteiger partial charge in [-0.05, 0) is 42.0 Å². The van der Waals surface area contributed by atoms with Crippen molar-refractivity contribution < 1.29 is 14.3 Å². The van der Waals surface area contributed by atoms with E-state index in [0.717, 1.165) is 12.2 Å². The molecule has 1 aliphatic rings. The quantitative estimate of drug-likeness (QED) is 0.591. The molecule has 0 spiro atoms. The van der Waals surface area contributed by atoms with Crippen LogP contribution in [-0.2, 0) is 9.53 Å². The third-order valence-electron chi connectivity index (χ3n) is 2.94. The number of carbonyl (C=O) groups excluding carboxylic acids is 1. The summed E-state index contributed by atoms with van der Waals surface area (Å²) in [6.07, 6.45) is 4.57. The zero-order chi connectivity index (χ0) is 12.3. The Hall–Kier alpha value is -1.77. The van der Waals surface area contributed by atoms with Crippen molar-refractivity contribution in [3.8, 4) is 5.75 Å². The molecule has 1 saturated carbocycles. The van der Waals surface area contributed by atoms with Gasteiger partial charge in [-0.25, -0.2) is 0 Å². The normalized spacial score (nSPS) is 22.5. The summed E-state index contributed by atoms with van der Waals surface area (Å²) >= 11 is 0. The van der Waals surface area contributed by atoms with Gasteiger partial charge in [0.15, 0.2) is 0 Å². The summed E-state index contributed by atoms with van der Waals surface area (Å²) in [6, 6.07) is 8.12. The maximum Gasteiger partial charge on any atom is 0.307 e. The average molecular weight is 232 g/mol. The first kappa shape index (κ1) is 11.7. The van der Waals surface area contributed by atoms with E-state index in [0.29, 0.717) is 11.8 Å². The Labute approximate surface area is 101 Å². The molecule has 17 heavy (non-hydrogen) atoms. The fraction of sp³-hybridized carbons (Fsp3) is 0.357. The number of allylic oxidation sites excluding steroid dienone is 1. The van der Waals surface area contributed by atoms with Crippen LogP contribution in [-0.4, -0.2) is 13.1 Å². The molecule has 0 N–H and O–H groups in total. The monoisotopic (exact) mass is 232 g/mol. The lowest BCUT2D eigenvalue weighted by Gasteiger charge is -2.01. The molecule has 0 aromatic heterocycles. The molecular weight excluding hydrogens is 216 g/mol. The van der Waals surface area contributed by atoms with Crippen molar-refractivity contribution in [1.29, 1.82) is 0 Å². The molecule has 3 nitrogen and oxygen atoms in total. The van der Waals surface area contributed by atoms with E-state index >= 15 is 0 Å². The minimum absolute atomic E-state index is 0.275. The van der Waals surface area contributed by atoms with E-state index in [1.54, 1.807) is 7.11 Å². The molecule has 0 aliphatic heterocycles. The molecule has 1 aromatic rings. The Morgan fingerprint density at radius 1 is 1.35 bits per heavy atom. The minimum atomic E-state index is -0.275. The summed E-state index contributed by atoms with van der Waals surface area (Å²) in [4.78, 5) is 10.6. The van der Waals surface area contributed by atoms with E-state index in [4.69, 9.17) is 9.47 Å². The van der Waals surface area contributed by atoms with E-state index in [1.165, 1.54) is 18.7 Å². The van der Waals surface area contributed by atoms with Gasteiger partial charge in [-0.1, -0.05) is 12.1 Å². The van der Waals surface area contributed by atoms with E-state index in [-0.39, 0.29) is 5.97 Å². The van der Waals surface area contributed by atoms with Crippen LogP contribution in [0, 0.1) is 5.92 Å². The molecular formula is C14H16O3. The highest BCUT2D eigenvalue weighted by molar-refractivity contribution is 5.66. The van der Waals surface area contributed by atoms with Crippen LogP contribution in [0.15, 0.2) is 36.6 Å². The summed E-state index contributed by atoms with van der Waals surface area (Å²) in [5, 5.41) is 0. The highest BCUT2D eigenvalue weighted by atomic mass is 16.5. The van der Waals surface area contributed by atoms with Crippen LogP contribution in [0.5, 0.6) is 5.75 Å². The summed E-state index contributed by atoms with van der Waals surface area (Å²) in [5.74, 6) is 1.64. The van der Waals surface area contributed by atoms with Crippen molar-refractivity contribution in [2.75, 3.05) is 7.11 Å². The van der Waals surface area contributed by atoms with Gasteiger partial charge in [0.05, 0.1) is 13.4 Å². The maximum atomic E-state index is 10.6. The number of hydrogen-bond acceptors (Lipinski definition) is 3. The molecule has 1 aromatic carbocycles. The molecule has 0 saturated heterocycles. The first-order valence-electron chi connectivity index (χ1n) is 5.68. The smallest absolute Gasteiger partial charge is 0.307 e. The van der Waals surface area contributed by atoms with E-state index in [2.05, 4.69) is 12.1 Å². The molecule has 90 valence electrons. The average Bonchev–Trinajstić information content (AvgIpc) is 3.08. The Morgan fingerprint density at radius 3 is 2.65 bits per heavy atom. The lowest BCUT2D eigenvalue weighted by molar-refractivity contribution is -0.135. The third kappa shape index (κ3) is 3.09. The molecule has 2 rings (SSSR count). The van der Waals surface area contributed by atoms with Gasteiger partial charge in [-0.3, -0.25) is 4.79 Å². The number of esters is 1. The van der Waals surface area contributed by atoms with Crippen LogP contribution < -0.4 is 4.74 Å². The van der Waals surface area contributed by atoms with Gasteiger partial charge in [0.2, 0.25) is 0 Å². The van der Waals surface area contributed by atoms with E-state index in [9.17, 15) is 4.79 Å². The van der Waals surface area contributed by atoms with Gasteiger partial charge in [-0.15, -0.1) is 0 Å². The van der Waals surface area contributed by atoms with Gasteiger partial charge >= 0.3 is 5.97 Å². The highest BCUT2D eigenvalue weighted by Gasteiger charge is 2.36. The zero-order valence-electron chi connectivity index (χ0n) is 10.1. The lowest BCUT2D eigenvalue weighted by Crippen LogP contribution is -1.90. The lowest BCUT2D eigenvalue weighted by atomic mass is 10.1. The van der Waals surface area contributed by atoms with Crippen molar-refractivity contribution in [2.45, 2.75) is 19.3 Å². The van der Waals surface area contributed by atoms with Crippen LogP contribution in [0.2, 0.25) is 0 Å². The number of carbonyl (C=O) groups is 1. The zero-order valence-corrected chi connectivity index (χ0v) is 10.1. The first-order valence-corrected chi connectivity index (χ1v) is 5.68. The van der Waals surface area contributed by atoms with Gasteiger partial charge < -0.3 is 9.47 Å². The van der Waals surface area contributed by atoms with Crippen LogP contribution in [0.25, 0.3) is 0 Å². The van der Waals surface area contributed by atoms with Crippen molar-refractivity contribution in [3.05, 3.63) is 42.2 Å². The molecule has 0 radical (unpaired) electrons. The summed E-state index contributed by atoms with van der Waals surface area (Å²) in [6.45, 7) is 1.40. The molecule has 3 heteroatoms. The van der Waals surface area contributed by atoms with Gasteiger partial charge in [0.1, 0.15) is 5.75 Å². The van der Waals surface area contributed by atoms with Crippen molar-refractivity contribution in [2.24, 2.45) is 5.92 Å². The maximum absolute atomic E-state index is 10.6. The predicted molar refractivity (Wildman–Crippen MR) is 64.7 cm³/mol. The topological polar surface area (TPSA) is 35.5 Å². The molecule has 1 aliphatic carbocycles. The molecule has 2 atom stereocenters. The number of ether oxygens (including phenoxy) is 2. The van der Waals surface area contributed by atoms with E-state index in [1.807, 2.05) is 18.2 Å². The SMILES string of the molecule is COc1ccc([C@H]2C[C@H]2/C=C/OC(C)=O)cc1. The number of hydrogen-bond donors (Lipinski definition) is 0. The Balaban J connectivity index is 1.89. The van der Waals surface area contributed by atoms with Gasteiger partial charge in [0.25, 0.3) is 0 Å². The number of rotatable bonds is 4. The van der Waals surface area contributed by atoms with Crippen molar-refractivity contribution in [3.63, 3.8) is 0 Å². The second-order valence-electron chi connectivity index (χ2n) is 4.22. The first-order chi connectivity index (χ1) is 8.20. The van der Waals surface area contributed by atoms with Crippen molar-refractivity contribution in [1.82, 2.24) is 0 Å². The van der Waals surface area contributed by atoms with Crippen LogP contribution >= 0.6 is 0 Å². The standard InChI is InChI=1S/C14H16O3/c1-10(15)17-8-7-12-9-14(12)11-3-5-13(16-2)6-4-11/h3-8,12,14H,9H2,1-2H3/b8-7+/t12-,14-/m1/s1. The molecule has 0 unspecified atom stereocenters. The third-order valence-corrected chi connectivity index (χ3v) is 2.94. The van der Waals surface area contributed by atoms with E-state index < -0.39 is 0 Å². The molecule has 0 bridgehead atoms. The second kappa shape index (κ2) is 5.04. The highest BCUT2D eigenvalue weighted by Crippen LogP contribution is 2.48. The van der Waals surface area contributed by atoms with Gasteiger partial charge in [0, 0.05) is 6.92 Å². The molecule has 0 heterocycles. The Morgan fingerprint density at radius 2 is 2.06 bits per heavy atom. The predicted octanol–water partition coefficient (Wildman–Crippen LogP) is 2.88. The second-order valence-corrected chi connectivity index (χ2v) is 4.22. The fourth-order valence-electron chi connectivity index (χ4n) is 1.90. The fourth-order valence-corrected chi connectivity index (χ4v) is 1.90. The number of benzene rings is 1. The largest absolute Gasteiger partial charge is 0.497 e. The Bertz CT molecular complexity index is 420. The van der Waals surface area contributed by atoms with Gasteiger partial charge in [-0.2, -0.15) is 0 Å². The van der Waals surface area contributed by atoms with Crippen LogP contribution in [0.4, 0.5) is 0 Å². The van der Waals surface area contributed by atoms with Crippen molar-refractivity contribution >= 4 is 5.97 Å². The summed E-state index contributed by atoms with van der Waals surface area (Å²) < 4.78 is 9.89. The van der Waals surface area contributed by atoms with Crippen LogP contribution in [0.1, 0.15) is 24.8 Å². The van der Waals surface area contributed by atoms with Crippen LogP contribution in [0.3, 0.4) is 0 Å².